The summed E-state index contributed by atoms with van der Waals surface area (Å²) in [7, 11) is 0. The van der Waals surface area contributed by atoms with Gasteiger partial charge in [0, 0.05) is 18.0 Å². The summed E-state index contributed by atoms with van der Waals surface area (Å²) in [6.07, 6.45) is 3.87. The lowest BCUT2D eigenvalue weighted by Gasteiger charge is -2.24. The summed E-state index contributed by atoms with van der Waals surface area (Å²) in [5.41, 5.74) is 0. The average molecular weight is 211 g/mol. The molecule has 2 rings (SSSR count). The van der Waals surface area contributed by atoms with Crippen LogP contribution in [0, 0.1) is 5.82 Å². The van der Waals surface area contributed by atoms with E-state index in [-0.39, 0.29) is 5.82 Å². The third kappa shape index (κ3) is 2.72. The van der Waals surface area contributed by atoms with Gasteiger partial charge >= 0.3 is 0 Å². The van der Waals surface area contributed by atoms with Crippen LogP contribution in [0.5, 0.6) is 0 Å². The van der Waals surface area contributed by atoms with Crippen LogP contribution in [0.3, 0.4) is 0 Å². The lowest BCUT2D eigenvalue weighted by molar-refractivity contribution is 0.380. The Hall–Kier alpha value is -0.540. The summed E-state index contributed by atoms with van der Waals surface area (Å²) in [5, 5.41) is 0. The Bertz CT molecular complexity index is 297. The predicted molar refractivity (Wildman–Crippen MR) is 57.7 cm³/mol. The molecule has 1 aromatic carbocycles. The minimum atomic E-state index is -0.146. The number of rotatable bonds is 2. The SMILES string of the molecule is Fc1cccc(SN2CCCCC2)c1. The van der Waals surface area contributed by atoms with Gasteiger partial charge in [0.05, 0.1) is 0 Å². The molecule has 0 atom stereocenters. The van der Waals surface area contributed by atoms with E-state index in [4.69, 9.17) is 0 Å². The van der Waals surface area contributed by atoms with Crippen LogP contribution in [0.15, 0.2) is 29.2 Å². The third-order valence-electron chi connectivity index (χ3n) is 2.35. The second kappa shape index (κ2) is 4.80. The zero-order valence-corrected chi connectivity index (χ0v) is 8.89. The van der Waals surface area contributed by atoms with Crippen LogP contribution in [0.25, 0.3) is 0 Å². The van der Waals surface area contributed by atoms with Crippen LogP contribution in [0.2, 0.25) is 0 Å². The smallest absolute Gasteiger partial charge is 0.124 e. The van der Waals surface area contributed by atoms with Gasteiger partial charge in [-0.2, -0.15) is 0 Å². The van der Waals surface area contributed by atoms with E-state index < -0.39 is 0 Å². The molecule has 0 saturated carbocycles. The van der Waals surface area contributed by atoms with Gasteiger partial charge in [-0.05, 0) is 43.0 Å². The second-order valence-corrected chi connectivity index (χ2v) is 4.71. The molecule has 1 aliphatic rings. The third-order valence-corrected chi connectivity index (χ3v) is 3.43. The molecule has 0 aromatic heterocycles. The van der Waals surface area contributed by atoms with E-state index in [0.29, 0.717) is 0 Å². The molecule has 76 valence electrons. The Kier molecular flexibility index (Phi) is 3.43. The molecule has 0 aliphatic carbocycles. The molecule has 0 bridgehead atoms. The number of benzene rings is 1. The van der Waals surface area contributed by atoms with Crippen molar-refractivity contribution in [2.75, 3.05) is 13.1 Å². The normalized spacial score (nSPS) is 18.4. The highest BCUT2D eigenvalue weighted by molar-refractivity contribution is 7.97. The molecule has 3 heteroatoms. The van der Waals surface area contributed by atoms with Crippen molar-refractivity contribution in [1.82, 2.24) is 4.31 Å². The molecule has 1 aliphatic heterocycles. The monoisotopic (exact) mass is 211 g/mol. The van der Waals surface area contributed by atoms with Gasteiger partial charge in [0.2, 0.25) is 0 Å². The molecule has 14 heavy (non-hydrogen) atoms. The Morgan fingerprint density at radius 1 is 1.14 bits per heavy atom. The first kappa shape index (κ1) is 9.99. The number of halogens is 1. The summed E-state index contributed by atoms with van der Waals surface area (Å²) >= 11 is 1.67. The number of nitrogens with zero attached hydrogens (tertiary/aromatic N) is 1. The number of hydrogen-bond acceptors (Lipinski definition) is 2. The fourth-order valence-corrected chi connectivity index (χ4v) is 2.67. The van der Waals surface area contributed by atoms with Crippen LogP contribution < -0.4 is 0 Å². The fraction of sp³-hybridized carbons (Fsp3) is 0.455. The van der Waals surface area contributed by atoms with Crippen LogP contribution in [-0.2, 0) is 0 Å². The van der Waals surface area contributed by atoms with Gasteiger partial charge in [0.15, 0.2) is 0 Å². The highest BCUT2D eigenvalue weighted by atomic mass is 32.2. The maximum atomic E-state index is 12.9. The first-order valence-corrected chi connectivity index (χ1v) is 5.80. The first-order chi connectivity index (χ1) is 6.84. The van der Waals surface area contributed by atoms with E-state index >= 15 is 0 Å². The van der Waals surface area contributed by atoms with E-state index in [1.807, 2.05) is 6.07 Å². The molecule has 0 spiro atoms. The Labute approximate surface area is 88.4 Å². The molecular formula is C11H14FNS. The minimum Gasteiger partial charge on any atom is -0.246 e. The van der Waals surface area contributed by atoms with Gasteiger partial charge in [-0.25, -0.2) is 8.70 Å². The highest BCUT2D eigenvalue weighted by Crippen LogP contribution is 2.26. The van der Waals surface area contributed by atoms with Gasteiger partial charge in [0.1, 0.15) is 5.82 Å². The molecule has 1 fully saturated rings. The van der Waals surface area contributed by atoms with Gasteiger partial charge in [-0.15, -0.1) is 0 Å². The molecular weight excluding hydrogens is 197 g/mol. The van der Waals surface area contributed by atoms with Crippen molar-refractivity contribution in [2.45, 2.75) is 24.2 Å². The van der Waals surface area contributed by atoms with E-state index in [2.05, 4.69) is 4.31 Å². The molecule has 1 nitrogen and oxygen atoms in total. The van der Waals surface area contributed by atoms with E-state index in [1.54, 1.807) is 24.1 Å². The molecule has 0 unspecified atom stereocenters. The largest absolute Gasteiger partial charge is 0.246 e. The van der Waals surface area contributed by atoms with Crippen molar-refractivity contribution in [1.29, 1.82) is 0 Å². The zero-order chi connectivity index (χ0) is 9.80. The number of hydrogen-bond donors (Lipinski definition) is 0. The van der Waals surface area contributed by atoms with Crippen LogP contribution in [0.1, 0.15) is 19.3 Å². The molecule has 0 N–H and O–H groups in total. The van der Waals surface area contributed by atoms with Crippen molar-refractivity contribution in [3.8, 4) is 0 Å². The number of piperidine rings is 1. The highest BCUT2D eigenvalue weighted by Gasteiger charge is 2.11. The average Bonchev–Trinajstić information content (AvgIpc) is 2.19. The molecule has 1 heterocycles. The molecule has 0 amide bonds. The minimum absolute atomic E-state index is 0.146. The van der Waals surface area contributed by atoms with Crippen LogP contribution >= 0.6 is 11.9 Å². The predicted octanol–water partition coefficient (Wildman–Crippen LogP) is 3.32. The van der Waals surface area contributed by atoms with Gasteiger partial charge < -0.3 is 0 Å². The van der Waals surface area contributed by atoms with Gasteiger partial charge in [-0.1, -0.05) is 12.5 Å². The van der Waals surface area contributed by atoms with E-state index in [0.717, 1.165) is 18.0 Å². The maximum absolute atomic E-state index is 12.9. The van der Waals surface area contributed by atoms with Crippen molar-refractivity contribution in [3.05, 3.63) is 30.1 Å². The summed E-state index contributed by atoms with van der Waals surface area (Å²) in [6, 6.07) is 6.81. The van der Waals surface area contributed by atoms with Crippen molar-refractivity contribution >= 4 is 11.9 Å². The standard InChI is InChI=1S/C11H14FNS/c12-10-5-4-6-11(9-10)14-13-7-2-1-3-8-13/h4-6,9H,1-3,7-8H2. The zero-order valence-electron chi connectivity index (χ0n) is 8.08. The Balaban J connectivity index is 1.95. The van der Waals surface area contributed by atoms with Gasteiger partial charge in [-0.3, -0.25) is 0 Å². The van der Waals surface area contributed by atoms with Crippen molar-refractivity contribution < 1.29 is 4.39 Å². The van der Waals surface area contributed by atoms with Crippen molar-refractivity contribution in [2.24, 2.45) is 0 Å². The summed E-state index contributed by atoms with van der Waals surface area (Å²) in [4.78, 5) is 1.01. The topological polar surface area (TPSA) is 3.24 Å². The summed E-state index contributed by atoms with van der Waals surface area (Å²) in [5.74, 6) is -0.146. The van der Waals surface area contributed by atoms with E-state index in [9.17, 15) is 4.39 Å². The Morgan fingerprint density at radius 3 is 2.64 bits per heavy atom. The fourth-order valence-electron chi connectivity index (χ4n) is 1.63. The van der Waals surface area contributed by atoms with Crippen LogP contribution in [-0.4, -0.2) is 17.4 Å². The summed E-state index contributed by atoms with van der Waals surface area (Å²) < 4.78 is 15.2. The molecule has 1 aromatic rings. The first-order valence-electron chi connectivity index (χ1n) is 5.03. The quantitative estimate of drug-likeness (QED) is 0.690. The van der Waals surface area contributed by atoms with Crippen LogP contribution in [0.4, 0.5) is 4.39 Å². The Morgan fingerprint density at radius 2 is 1.93 bits per heavy atom. The maximum Gasteiger partial charge on any atom is 0.124 e. The summed E-state index contributed by atoms with van der Waals surface area (Å²) in [6.45, 7) is 2.25. The van der Waals surface area contributed by atoms with E-state index in [1.165, 1.54) is 25.3 Å². The van der Waals surface area contributed by atoms with Crippen molar-refractivity contribution in [3.63, 3.8) is 0 Å². The lowest BCUT2D eigenvalue weighted by Crippen LogP contribution is -2.22. The second-order valence-electron chi connectivity index (χ2n) is 3.54. The van der Waals surface area contributed by atoms with Gasteiger partial charge in [0.25, 0.3) is 0 Å². The lowest BCUT2D eigenvalue weighted by atomic mass is 10.2. The molecule has 0 radical (unpaired) electrons. The molecule has 1 saturated heterocycles.